The lowest BCUT2D eigenvalue weighted by Gasteiger charge is -2.14. The van der Waals surface area contributed by atoms with Crippen molar-refractivity contribution in [1.29, 1.82) is 0 Å². The number of aryl methyl sites for hydroxylation is 1. The molecule has 0 unspecified atom stereocenters. The molecular weight excluding hydrogens is 217 g/mol. The molecule has 16 heavy (non-hydrogen) atoms. The normalized spacial score (nSPS) is 11.6. The van der Waals surface area contributed by atoms with Crippen molar-refractivity contribution in [1.82, 2.24) is 0 Å². The van der Waals surface area contributed by atoms with Crippen molar-refractivity contribution in [3.8, 4) is 5.75 Å². The van der Waals surface area contributed by atoms with Crippen LogP contribution >= 0.6 is 0 Å². The SMILES string of the molecule is CCCCOc1ccc(C)cc1C(F)(F)F. The molecular formula is C12H15F3O. The molecule has 0 atom stereocenters. The monoisotopic (exact) mass is 232 g/mol. The van der Waals surface area contributed by atoms with E-state index in [0.717, 1.165) is 18.9 Å². The van der Waals surface area contributed by atoms with Crippen LogP contribution < -0.4 is 4.74 Å². The summed E-state index contributed by atoms with van der Waals surface area (Å²) in [6, 6.07) is 4.12. The molecule has 1 rings (SSSR count). The second kappa shape index (κ2) is 5.23. The Balaban J connectivity index is 2.90. The Morgan fingerprint density at radius 2 is 1.94 bits per heavy atom. The van der Waals surface area contributed by atoms with Gasteiger partial charge in [-0.05, 0) is 25.5 Å². The van der Waals surface area contributed by atoms with Gasteiger partial charge in [0.05, 0.1) is 12.2 Å². The van der Waals surface area contributed by atoms with Crippen LogP contribution in [0.1, 0.15) is 30.9 Å². The average molecular weight is 232 g/mol. The summed E-state index contributed by atoms with van der Waals surface area (Å²) in [6.45, 7) is 3.91. The number of halogens is 3. The lowest BCUT2D eigenvalue weighted by Crippen LogP contribution is -2.09. The molecule has 1 aromatic carbocycles. The van der Waals surface area contributed by atoms with Crippen LogP contribution in [-0.2, 0) is 6.18 Å². The minimum atomic E-state index is -4.35. The third-order valence-corrected chi connectivity index (χ3v) is 2.20. The number of rotatable bonds is 4. The summed E-state index contributed by atoms with van der Waals surface area (Å²) in [4.78, 5) is 0. The smallest absolute Gasteiger partial charge is 0.419 e. The van der Waals surface area contributed by atoms with Crippen molar-refractivity contribution in [3.63, 3.8) is 0 Å². The molecule has 90 valence electrons. The third-order valence-electron chi connectivity index (χ3n) is 2.20. The quantitative estimate of drug-likeness (QED) is 0.707. The Bertz CT molecular complexity index is 345. The fourth-order valence-corrected chi connectivity index (χ4v) is 1.32. The van der Waals surface area contributed by atoms with E-state index in [1.807, 2.05) is 6.92 Å². The summed E-state index contributed by atoms with van der Waals surface area (Å²) >= 11 is 0. The molecule has 0 amide bonds. The van der Waals surface area contributed by atoms with E-state index in [1.54, 1.807) is 13.0 Å². The van der Waals surface area contributed by atoms with Gasteiger partial charge in [0.1, 0.15) is 5.75 Å². The molecule has 0 heterocycles. The fraction of sp³-hybridized carbons (Fsp3) is 0.500. The maximum atomic E-state index is 12.7. The molecule has 0 fully saturated rings. The van der Waals surface area contributed by atoms with Gasteiger partial charge in [-0.2, -0.15) is 13.2 Å². The molecule has 0 radical (unpaired) electrons. The van der Waals surface area contributed by atoms with Gasteiger partial charge < -0.3 is 4.74 Å². The van der Waals surface area contributed by atoms with Gasteiger partial charge >= 0.3 is 6.18 Å². The number of ether oxygens (including phenoxy) is 1. The van der Waals surface area contributed by atoms with Crippen LogP contribution in [-0.4, -0.2) is 6.61 Å². The Morgan fingerprint density at radius 3 is 2.50 bits per heavy atom. The molecule has 0 aliphatic carbocycles. The highest BCUT2D eigenvalue weighted by Crippen LogP contribution is 2.36. The zero-order valence-corrected chi connectivity index (χ0v) is 9.40. The van der Waals surface area contributed by atoms with Gasteiger partial charge in [0.25, 0.3) is 0 Å². The largest absolute Gasteiger partial charge is 0.493 e. The third kappa shape index (κ3) is 3.43. The minimum absolute atomic E-state index is 0.0773. The maximum absolute atomic E-state index is 12.7. The molecule has 0 saturated heterocycles. The van der Waals surface area contributed by atoms with Crippen LogP contribution in [0.4, 0.5) is 13.2 Å². The van der Waals surface area contributed by atoms with Gasteiger partial charge in [0.15, 0.2) is 0 Å². The summed E-state index contributed by atoms with van der Waals surface area (Å²) in [5.74, 6) is -0.0773. The molecule has 4 heteroatoms. The molecule has 0 aliphatic rings. The number of benzene rings is 1. The van der Waals surface area contributed by atoms with Crippen molar-refractivity contribution in [3.05, 3.63) is 29.3 Å². The van der Waals surface area contributed by atoms with Gasteiger partial charge in [-0.3, -0.25) is 0 Å². The maximum Gasteiger partial charge on any atom is 0.419 e. The minimum Gasteiger partial charge on any atom is -0.493 e. The number of unbranched alkanes of at least 4 members (excludes halogenated alkanes) is 1. The lowest BCUT2D eigenvalue weighted by atomic mass is 10.1. The number of hydrogen-bond acceptors (Lipinski definition) is 1. The Kier molecular flexibility index (Phi) is 4.21. The lowest BCUT2D eigenvalue weighted by molar-refractivity contribution is -0.139. The second-order valence-corrected chi connectivity index (χ2v) is 3.70. The van der Waals surface area contributed by atoms with Crippen molar-refractivity contribution in [2.45, 2.75) is 32.9 Å². The number of alkyl halides is 3. The van der Waals surface area contributed by atoms with E-state index >= 15 is 0 Å². The van der Waals surface area contributed by atoms with Crippen molar-refractivity contribution >= 4 is 0 Å². The van der Waals surface area contributed by atoms with E-state index in [0.29, 0.717) is 12.2 Å². The molecule has 1 nitrogen and oxygen atoms in total. The average Bonchev–Trinajstić information content (AvgIpc) is 2.19. The summed E-state index contributed by atoms with van der Waals surface area (Å²) in [5, 5.41) is 0. The first-order valence-corrected chi connectivity index (χ1v) is 5.25. The predicted molar refractivity (Wildman–Crippen MR) is 56.6 cm³/mol. The van der Waals surface area contributed by atoms with E-state index in [-0.39, 0.29) is 5.75 Å². The van der Waals surface area contributed by atoms with Crippen molar-refractivity contribution in [2.24, 2.45) is 0 Å². The molecule has 0 bridgehead atoms. The summed E-state index contributed by atoms with van der Waals surface area (Å²) in [7, 11) is 0. The van der Waals surface area contributed by atoms with Crippen LogP contribution in [0, 0.1) is 6.92 Å². The standard InChI is InChI=1S/C12H15F3O/c1-3-4-7-16-11-6-5-9(2)8-10(11)12(13,14)15/h5-6,8H,3-4,7H2,1-2H3. The van der Waals surface area contributed by atoms with Gasteiger partial charge in [-0.25, -0.2) is 0 Å². The van der Waals surface area contributed by atoms with E-state index in [1.165, 1.54) is 6.07 Å². The summed E-state index contributed by atoms with van der Waals surface area (Å²) < 4.78 is 43.1. The Hall–Kier alpha value is -1.19. The number of hydrogen-bond donors (Lipinski definition) is 0. The van der Waals surface area contributed by atoms with Gasteiger partial charge in [0.2, 0.25) is 0 Å². The van der Waals surface area contributed by atoms with Gasteiger partial charge in [-0.15, -0.1) is 0 Å². The zero-order valence-electron chi connectivity index (χ0n) is 9.40. The molecule has 0 spiro atoms. The highest BCUT2D eigenvalue weighted by Gasteiger charge is 2.34. The highest BCUT2D eigenvalue weighted by atomic mass is 19.4. The van der Waals surface area contributed by atoms with E-state index < -0.39 is 11.7 Å². The molecule has 0 aliphatic heterocycles. The zero-order chi connectivity index (χ0) is 12.2. The first kappa shape index (κ1) is 12.9. The topological polar surface area (TPSA) is 9.23 Å². The first-order chi connectivity index (χ1) is 7.45. The van der Waals surface area contributed by atoms with Crippen LogP contribution in [0.3, 0.4) is 0 Å². The van der Waals surface area contributed by atoms with E-state index in [4.69, 9.17) is 4.74 Å². The molecule has 1 aromatic rings. The van der Waals surface area contributed by atoms with Gasteiger partial charge in [-0.1, -0.05) is 25.0 Å². The molecule has 0 saturated carbocycles. The predicted octanol–water partition coefficient (Wildman–Crippen LogP) is 4.19. The van der Waals surface area contributed by atoms with Crippen LogP contribution in [0.5, 0.6) is 5.75 Å². The van der Waals surface area contributed by atoms with Crippen LogP contribution in [0.2, 0.25) is 0 Å². The second-order valence-electron chi connectivity index (χ2n) is 3.70. The fourth-order valence-electron chi connectivity index (χ4n) is 1.32. The van der Waals surface area contributed by atoms with E-state index in [2.05, 4.69) is 0 Å². The molecule has 0 N–H and O–H groups in total. The highest BCUT2D eigenvalue weighted by molar-refractivity contribution is 5.38. The van der Waals surface area contributed by atoms with Gasteiger partial charge in [0, 0.05) is 0 Å². The van der Waals surface area contributed by atoms with E-state index in [9.17, 15) is 13.2 Å². The first-order valence-electron chi connectivity index (χ1n) is 5.25. The summed E-state index contributed by atoms with van der Waals surface area (Å²) in [5.41, 5.74) is -0.112. The Morgan fingerprint density at radius 1 is 1.25 bits per heavy atom. The van der Waals surface area contributed by atoms with Crippen LogP contribution in [0.15, 0.2) is 18.2 Å². The van der Waals surface area contributed by atoms with Crippen LogP contribution in [0.25, 0.3) is 0 Å². The van der Waals surface area contributed by atoms with Crippen molar-refractivity contribution < 1.29 is 17.9 Å². The van der Waals surface area contributed by atoms with Crippen molar-refractivity contribution in [2.75, 3.05) is 6.61 Å². The summed E-state index contributed by atoms with van der Waals surface area (Å²) in [6.07, 6.45) is -2.70. The Labute approximate surface area is 93.2 Å². The molecule has 0 aromatic heterocycles.